The molecule has 1 amide bonds. The summed E-state index contributed by atoms with van der Waals surface area (Å²) in [5.41, 5.74) is 1.82. The molecule has 0 bridgehead atoms. The standard InChI is InChI=1S/C15H26N4O.ClH/c1-11(2)15-13(10-19(3)18-15)17-14(20)5-4-12-6-8-16-9-7-12;/h10-12,16H,4-9H2,1-3H3,(H,17,20);1H. The first-order chi connectivity index (χ1) is 9.56. The van der Waals surface area contributed by atoms with E-state index < -0.39 is 0 Å². The van der Waals surface area contributed by atoms with Gasteiger partial charge in [0, 0.05) is 19.7 Å². The Morgan fingerprint density at radius 1 is 1.48 bits per heavy atom. The van der Waals surface area contributed by atoms with Gasteiger partial charge in [0.25, 0.3) is 0 Å². The monoisotopic (exact) mass is 314 g/mol. The molecule has 0 unspecified atom stereocenters. The molecule has 0 saturated carbocycles. The Morgan fingerprint density at radius 3 is 2.76 bits per heavy atom. The van der Waals surface area contributed by atoms with Crippen molar-refractivity contribution in [1.29, 1.82) is 0 Å². The molecule has 21 heavy (non-hydrogen) atoms. The number of rotatable bonds is 5. The Balaban J connectivity index is 0.00000220. The zero-order valence-corrected chi connectivity index (χ0v) is 14.0. The van der Waals surface area contributed by atoms with Gasteiger partial charge in [-0.1, -0.05) is 13.8 Å². The number of nitrogens with zero attached hydrogens (tertiary/aromatic N) is 2. The molecular weight excluding hydrogens is 288 g/mol. The highest BCUT2D eigenvalue weighted by atomic mass is 35.5. The largest absolute Gasteiger partial charge is 0.323 e. The van der Waals surface area contributed by atoms with Crippen molar-refractivity contribution < 1.29 is 4.79 Å². The van der Waals surface area contributed by atoms with Gasteiger partial charge < -0.3 is 10.6 Å². The molecule has 6 heteroatoms. The van der Waals surface area contributed by atoms with Crippen LogP contribution in [0.4, 0.5) is 5.69 Å². The summed E-state index contributed by atoms with van der Waals surface area (Å²) >= 11 is 0. The molecule has 1 aliphatic heterocycles. The van der Waals surface area contributed by atoms with E-state index in [2.05, 4.69) is 29.6 Å². The number of anilines is 1. The Labute approximate surface area is 133 Å². The average Bonchev–Trinajstić information content (AvgIpc) is 2.79. The van der Waals surface area contributed by atoms with Crippen molar-refractivity contribution in [2.45, 2.75) is 45.4 Å². The molecule has 2 N–H and O–H groups in total. The minimum Gasteiger partial charge on any atom is -0.323 e. The van der Waals surface area contributed by atoms with E-state index in [1.807, 2.05) is 13.2 Å². The maximum absolute atomic E-state index is 12.1. The predicted octanol–water partition coefficient (Wildman–Crippen LogP) is 2.68. The number of aromatic nitrogens is 2. The third-order valence-electron chi connectivity index (χ3n) is 3.92. The van der Waals surface area contributed by atoms with Crippen LogP contribution >= 0.6 is 12.4 Å². The van der Waals surface area contributed by atoms with Crippen molar-refractivity contribution in [3.8, 4) is 0 Å². The fourth-order valence-corrected chi connectivity index (χ4v) is 2.75. The van der Waals surface area contributed by atoms with Crippen LogP contribution in [0, 0.1) is 5.92 Å². The molecule has 2 rings (SSSR count). The van der Waals surface area contributed by atoms with Gasteiger partial charge in [-0.15, -0.1) is 12.4 Å². The minimum atomic E-state index is 0. The van der Waals surface area contributed by atoms with Crippen LogP contribution in [0.5, 0.6) is 0 Å². The molecule has 1 aromatic heterocycles. The highest BCUT2D eigenvalue weighted by molar-refractivity contribution is 5.91. The molecule has 1 saturated heterocycles. The Bertz CT molecular complexity index is 453. The summed E-state index contributed by atoms with van der Waals surface area (Å²) in [6.07, 6.45) is 5.87. The van der Waals surface area contributed by atoms with Gasteiger partial charge in [-0.3, -0.25) is 9.48 Å². The van der Waals surface area contributed by atoms with Gasteiger partial charge in [0.05, 0.1) is 11.4 Å². The lowest BCUT2D eigenvalue weighted by atomic mass is 9.93. The van der Waals surface area contributed by atoms with Gasteiger partial charge in [-0.2, -0.15) is 5.10 Å². The van der Waals surface area contributed by atoms with Gasteiger partial charge in [-0.05, 0) is 44.2 Å². The van der Waals surface area contributed by atoms with Crippen molar-refractivity contribution in [3.05, 3.63) is 11.9 Å². The lowest BCUT2D eigenvalue weighted by Gasteiger charge is -2.22. The zero-order valence-electron chi connectivity index (χ0n) is 13.2. The number of carbonyl (C=O) groups is 1. The van der Waals surface area contributed by atoms with E-state index in [9.17, 15) is 4.79 Å². The molecule has 0 aromatic carbocycles. The molecule has 0 spiro atoms. The van der Waals surface area contributed by atoms with Crippen LogP contribution in [0.25, 0.3) is 0 Å². The van der Waals surface area contributed by atoms with E-state index in [-0.39, 0.29) is 18.3 Å². The maximum atomic E-state index is 12.1. The number of piperidine rings is 1. The molecule has 1 aliphatic rings. The van der Waals surface area contributed by atoms with Crippen LogP contribution in [0.15, 0.2) is 6.20 Å². The highest BCUT2D eigenvalue weighted by Crippen LogP contribution is 2.23. The van der Waals surface area contributed by atoms with Gasteiger partial charge in [0.15, 0.2) is 0 Å². The third kappa shape index (κ3) is 5.32. The molecule has 1 fully saturated rings. The Morgan fingerprint density at radius 2 is 2.14 bits per heavy atom. The van der Waals surface area contributed by atoms with Gasteiger partial charge in [0.2, 0.25) is 5.91 Å². The lowest BCUT2D eigenvalue weighted by Crippen LogP contribution is -2.28. The highest BCUT2D eigenvalue weighted by Gasteiger charge is 2.17. The number of hydrogen-bond donors (Lipinski definition) is 2. The number of amides is 1. The minimum absolute atomic E-state index is 0. The number of aryl methyl sites for hydroxylation is 1. The fraction of sp³-hybridized carbons (Fsp3) is 0.733. The summed E-state index contributed by atoms with van der Waals surface area (Å²) in [7, 11) is 1.89. The number of halogens is 1. The third-order valence-corrected chi connectivity index (χ3v) is 3.92. The number of hydrogen-bond acceptors (Lipinski definition) is 3. The topological polar surface area (TPSA) is 59.0 Å². The Kier molecular flexibility index (Phi) is 7.18. The lowest BCUT2D eigenvalue weighted by molar-refractivity contribution is -0.116. The van der Waals surface area contributed by atoms with E-state index in [0.29, 0.717) is 18.3 Å². The van der Waals surface area contributed by atoms with Crippen LogP contribution in [0.1, 0.15) is 51.1 Å². The van der Waals surface area contributed by atoms with Crippen LogP contribution < -0.4 is 10.6 Å². The molecule has 0 aliphatic carbocycles. The summed E-state index contributed by atoms with van der Waals surface area (Å²) in [5.74, 6) is 1.12. The predicted molar refractivity (Wildman–Crippen MR) is 88.0 cm³/mol. The summed E-state index contributed by atoms with van der Waals surface area (Å²) in [6.45, 7) is 6.36. The van der Waals surface area contributed by atoms with Crippen LogP contribution in [0.2, 0.25) is 0 Å². The second kappa shape index (κ2) is 8.39. The van der Waals surface area contributed by atoms with E-state index in [1.54, 1.807) is 4.68 Å². The van der Waals surface area contributed by atoms with Crippen LogP contribution in [0.3, 0.4) is 0 Å². The summed E-state index contributed by atoms with van der Waals surface area (Å²) in [6, 6.07) is 0. The number of carbonyl (C=O) groups excluding carboxylic acids is 1. The van der Waals surface area contributed by atoms with Gasteiger partial charge in [-0.25, -0.2) is 0 Å². The first kappa shape index (κ1) is 18.0. The SMILES string of the molecule is CC(C)c1nn(C)cc1NC(=O)CCC1CCNCC1.Cl. The summed E-state index contributed by atoms with van der Waals surface area (Å²) < 4.78 is 1.76. The van der Waals surface area contributed by atoms with E-state index in [0.717, 1.165) is 30.9 Å². The summed E-state index contributed by atoms with van der Waals surface area (Å²) in [4.78, 5) is 12.1. The van der Waals surface area contributed by atoms with E-state index >= 15 is 0 Å². The van der Waals surface area contributed by atoms with Crippen LogP contribution in [-0.4, -0.2) is 28.8 Å². The summed E-state index contributed by atoms with van der Waals surface area (Å²) in [5, 5.41) is 10.8. The molecule has 1 aromatic rings. The fourth-order valence-electron chi connectivity index (χ4n) is 2.75. The van der Waals surface area contributed by atoms with Crippen molar-refractivity contribution in [1.82, 2.24) is 15.1 Å². The maximum Gasteiger partial charge on any atom is 0.224 e. The van der Waals surface area contributed by atoms with Crippen molar-refractivity contribution in [2.24, 2.45) is 13.0 Å². The van der Waals surface area contributed by atoms with Crippen molar-refractivity contribution in [2.75, 3.05) is 18.4 Å². The van der Waals surface area contributed by atoms with Gasteiger partial charge >= 0.3 is 0 Å². The normalized spacial score (nSPS) is 15.8. The molecular formula is C15H27ClN4O. The second-order valence-corrected chi connectivity index (χ2v) is 6.04. The molecule has 0 radical (unpaired) electrons. The van der Waals surface area contributed by atoms with Gasteiger partial charge in [0.1, 0.15) is 0 Å². The van der Waals surface area contributed by atoms with Crippen molar-refractivity contribution in [3.63, 3.8) is 0 Å². The Hall–Kier alpha value is -1.07. The smallest absolute Gasteiger partial charge is 0.224 e. The molecule has 5 nitrogen and oxygen atoms in total. The molecule has 120 valence electrons. The second-order valence-electron chi connectivity index (χ2n) is 6.04. The quantitative estimate of drug-likeness (QED) is 0.878. The average molecular weight is 315 g/mol. The van der Waals surface area contributed by atoms with E-state index in [4.69, 9.17) is 0 Å². The van der Waals surface area contributed by atoms with Crippen molar-refractivity contribution >= 4 is 24.0 Å². The first-order valence-corrected chi connectivity index (χ1v) is 7.60. The molecule has 0 atom stereocenters. The number of nitrogens with one attached hydrogen (secondary N) is 2. The first-order valence-electron chi connectivity index (χ1n) is 7.60. The van der Waals surface area contributed by atoms with Crippen LogP contribution in [-0.2, 0) is 11.8 Å². The zero-order chi connectivity index (χ0) is 14.5. The van der Waals surface area contributed by atoms with E-state index in [1.165, 1.54) is 12.8 Å². The molecule has 2 heterocycles.